The van der Waals surface area contributed by atoms with Gasteiger partial charge in [-0.1, -0.05) is 32.0 Å². The van der Waals surface area contributed by atoms with Crippen LogP contribution in [0.15, 0.2) is 48.8 Å². The van der Waals surface area contributed by atoms with Crippen molar-refractivity contribution < 1.29 is 18.8 Å². The quantitative estimate of drug-likeness (QED) is 0.106. The number of hydrogen-bond donors (Lipinski definition) is 1. The number of nitro benzene ring substituents is 1. The van der Waals surface area contributed by atoms with Gasteiger partial charge in [0.25, 0.3) is 0 Å². The van der Waals surface area contributed by atoms with Gasteiger partial charge in [-0.3, -0.25) is 14.9 Å². The molecular weight excluding hydrogens is 1230 g/mol. The van der Waals surface area contributed by atoms with Crippen molar-refractivity contribution in [3.8, 4) is 17.0 Å². The van der Waals surface area contributed by atoms with Crippen molar-refractivity contribution in [2.24, 2.45) is 13.0 Å². The van der Waals surface area contributed by atoms with E-state index >= 15 is 0 Å². The molecule has 0 atom stereocenters. The molecule has 228 valence electrons. The maximum atomic E-state index is 14.1. The molecule has 0 aliphatic rings. The summed E-state index contributed by atoms with van der Waals surface area (Å²) in [5.74, 6) is -1.26. The minimum absolute atomic E-state index is 0.0459. The topological polar surface area (TPSA) is 115 Å². The van der Waals surface area contributed by atoms with E-state index in [4.69, 9.17) is 4.74 Å². The molecule has 1 amide bonds. The Balaban J connectivity index is 0.000000730. The van der Waals surface area contributed by atoms with E-state index in [1.807, 2.05) is 42.1 Å². The number of carbonyl (C=O) groups excluding carboxylic acids is 1. The summed E-state index contributed by atoms with van der Waals surface area (Å²) in [6.45, 7) is 3.61. The third kappa shape index (κ3) is 8.97. The number of nitro groups is 1. The molecule has 2 aromatic heterocycles. The van der Waals surface area contributed by atoms with Gasteiger partial charge in [-0.25, -0.2) is 9.97 Å². The Labute approximate surface area is 291 Å². The van der Waals surface area contributed by atoms with Crippen LogP contribution in [0.3, 0.4) is 0 Å². The molecule has 0 spiro atoms. The summed E-state index contributed by atoms with van der Waals surface area (Å²) in [4.78, 5) is 33.8. The number of aryl methyl sites for hydroxylation is 1. The molecule has 1 N–H and O–H groups in total. The number of rotatable bonds is 8. The van der Waals surface area contributed by atoms with Crippen molar-refractivity contribution in [3.05, 3.63) is 64.7 Å². The number of aromatic nitrogens is 3. The minimum atomic E-state index is -1.02. The predicted molar refractivity (Wildman–Crippen MR) is 219 cm³/mol. The van der Waals surface area contributed by atoms with Gasteiger partial charge in [0.05, 0.1) is 29.6 Å². The summed E-state index contributed by atoms with van der Waals surface area (Å²) >= 11 is 10.5. The average Bonchev–Trinajstić information content (AvgIpc) is 3.29. The van der Waals surface area contributed by atoms with Crippen LogP contribution < -0.4 is 15.0 Å². The molecule has 0 saturated heterocycles. The number of para-hydroxylation sites is 1. The molecule has 2 heterocycles. The fourth-order valence-electron chi connectivity index (χ4n) is 3.99. The first-order valence-corrected chi connectivity index (χ1v) is 43.2. The number of hydrogen-bond acceptors (Lipinski definition) is 7. The van der Waals surface area contributed by atoms with E-state index in [-0.39, 0.29) is 45.0 Å². The van der Waals surface area contributed by atoms with Crippen LogP contribution in [0.5, 0.6) is 5.75 Å². The molecule has 0 fully saturated rings. The molecule has 2 aromatic carbocycles. The SMILES string of the molecule is COc1cc(F)c([N+](=O)[O-])cc1Nc1ncc(N(C)C(=O)C(C)C)c(-c2cn(C)c3ccccc23)n1.II(I)I(I)I. The summed E-state index contributed by atoms with van der Waals surface area (Å²) < 4.78 is 21.3. The molecular formula is C25H25FI6N6O4. The summed E-state index contributed by atoms with van der Waals surface area (Å²) in [5.41, 5.74) is 2.12. The van der Waals surface area contributed by atoms with Crippen molar-refractivity contribution >= 4 is 130 Å². The molecule has 0 unspecified atom stereocenters. The Morgan fingerprint density at radius 2 is 1.83 bits per heavy atom. The second kappa shape index (κ2) is 16.4. The van der Waals surface area contributed by atoms with Crippen LogP contribution in [0.25, 0.3) is 22.2 Å². The van der Waals surface area contributed by atoms with Gasteiger partial charge in [0.2, 0.25) is 17.7 Å². The van der Waals surface area contributed by atoms with E-state index in [0.717, 1.165) is 28.6 Å². The molecule has 42 heavy (non-hydrogen) atoms. The van der Waals surface area contributed by atoms with Gasteiger partial charge in [-0.2, -0.15) is 4.39 Å². The number of fused-ring (bicyclic) bond motifs is 1. The van der Waals surface area contributed by atoms with Crippen LogP contribution in [0.1, 0.15) is 13.8 Å². The van der Waals surface area contributed by atoms with Crippen LogP contribution in [-0.2, 0) is 11.8 Å². The molecule has 4 rings (SSSR count). The number of nitrogens with zero attached hydrogens (tertiary/aromatic N) is 5. The van der Waals surface area contributed by atoms with Crippen LogP contribution in [0, 0.1) is 21.8 Å². The average molecular weight is 1250 g/mol. The zero-order valence-corrected chi connectivity index (χ0v) is 35.7. The van der Waals surface area contributed by atoms with Crippen LogP contribution in [0.4, 0.5) is 27.4 Å². The normalized spacial score (nSPS) is 11.5. The van der Waals surface area contributed by atoms with Gasteiger partial charge in [0.15, 0.2) is 0 Å². The van der Waals surface area contributed by atoms with E-state index < -0.39 is 16.4 Å². The predicted octanol–water partition coefficient (Wildman–Crippen LogP) is 10.4. The Hall–Kier alpha value is -0.160. The van der Waals surface area contributed by atoms with Crippen LogP contribution >= 0.6 is 90.3 Å². The number of anilines is 3. The molecule has 0 aliphatic carbocycles. The van der Waals surface area contributed by atoms with Crippen molar-refractivity contribution in [1.29, 1.82) is 0 Å². The fourth-order valence-corrected chi connectivity index (χ4v) is 3.99. The molecule has 17 heteroatoms. The number of carbonyl (C=O) groups is 1. The number of amides is 1. The monoisotopic (exact) mass is 1250 g/mol. The number of halogens is 7. The van der Waals surface area contributed by atoms with Crippen molar-refractivity contribution in [3.63, 3.8) is 0 Å². The van der Waals surface area contributed by atoms with E-state index in [9.17, 15) is 19.3 Å². The van der Waals surface area contributed by atoms with Gasteiger partial charge in [-0.15, -0.1) is 0 Å². The van der Waals surface area contributed by atoms with Crippen LogP contribution in [0.2, 0.25) is 0 Å². The third-order valence-corrected chi connectivity index (χ3v) is 171. The summed E-state index contributed by atoms with van der Waals surface area (Å²) in [6.07, 6.45) is 3.43. The first kappa shape index (κ1) is 36.3. The Morgan fingerprint density at radius 1 is 1.19 bits per heavy atom. The Kier molecular flexibility index (Phi) is 14.2. The van der Waals surface area contributed by atoms with Gasteiger partial charge < -0.3 is 19.5 Å². The van der Waals surface area contributed by atoms with Crippen molar-refractivity contribution in [2.45, 2.75) is 13.8 Å². The molecule has 0 aliphatic heterocycles. The van der Waals surface area contributed by atoms with Gasteiger partial charge in [-0.05, 0) is 6.07 Å². The maximum absolute atomic E-state index is 14.1. The first-order chi connectivity index (χ1) is 19.8. The molecule has 4 aromatic rings. The van der Waals surface area contributed by atoms with Crippen molar-refractivity contribution in [1.82, 2.24) is 14.5 Å². The van der Waals surface area contributed by atoms with Gasteiger partial charge >= 0.3 is 95.9 Å². The second-order valence-electron chi connectivity index (χ2n) is 8.86. The standard InChI is InChI=1S/C25H25FN6O4.I6/c1-14(2)24(33)31(4)21-12-27-25(28-18-11-20(32(34)35)17(26)10-22(18)36-5)29-23(21)16-13-30(3)19-9-7-6-8-15(16)19;1-5(2)6(3)4/h6-14H,1-5H3,(H,27,28,29);. The van der Waals surface area contributed by atoms with E-state index in [1.165, 1.54) is 18.2 Å². The van der Waals surface area contributed by atoms with Gasteiger partial charge in [0.1, 0.15) is 11.4 Å². The third-order valence-electron chi connectivity index (χ3n) is 5.90. The number of ether oxygens (including phenoxy) is 1. The van der Waals surface area contributed by atoms with E-state index in [2.05, 4.69) is 89.7 Å². The fraction of sp³-hybridized carbons (Fsp3) is 0.240. The van der Waals surface area contributed by atoms with E-state index in [1.54, 1.807) is 20.9 Å². The molecule has 0 radical (unpaired) electrons. The van der Waals surface area contributed by atoms with E-state index in [0.29, 0.717) is 11.4 Å². The summed E-state index contributed by atoms with van der Waals surface area (Å²) in [7, 11) is 4.27. The number of benzene rings is 2. The summed E-state index contributed by atoms with van der Waals surface area (Å²) in [5, 5.41) is 15.1. The Bertz CT molecular complexity index is 1600. The Morgan fingerprint density at radius 3 is 2.40 bits per heavy atom. The first-order valence-electron chi connectivity index (χ1n) is 11.8. The second-order valence-corrected chi connectivity index (χ2v) is 106. The van der Waals surface area contributed by atoms with Gasteiger partial charge in [0, 0.05) is 54.8 Å². The number of methoxy groups -OCH3 is 1. The molecule has 10 nitrogen and oxygen atoms in total. The molecule has 0 bridgehead atoms. The molecule has 0 saturated carbocycles. The number of nitrogens with one attached hydrogen (secondary N) is 1. The zero-order valence-electron chi connectivity index (χ0n) is 22.7. The summed E-state index contributed by atoms with van der Waals surface area (Å²) in [6, 6.07) is 9.73. The van der Waals surface area contributed by atoms with Crippen molar-refractivity contribution in [2.75, 3.05) is 24.4 Å². The zero-order chi connectivity index (χ0) is 31.3. The van der Waals surface area contributed by atoms with Crippen LogP contribution in [-0.4, -0.2) is 39.5 Å².